The van der Waals surface area contributed by atoms with Crippen molar-refractivity contribution in [3.8, 4) is 50.7 Å². The van der Waals surface area contributed by atoms with Gasteiger partial charge in [-0.15, -0.1) is 0 Å². The van der Waals surface area contributed by atoms with E-state index in [0.29, 0.717) is 17.8 Å². The van der Waals surface area contributed by atoms with E-state index in [9.17, 15) is 4.39 Å². The van der Waals surface area contributed by atoms with Crippen molar-refractivity contribution in [2.24, 2.45) is 5.92 Å². The van der Waals surface area contributed by atoms with Crippen molar-refractivity contribution in [2.75, 3.05) is 0 Å². The highest BCUT2D eigenvalue weighted by Gasteiger charge is 2.32. The third-order valence-electron chi connectivity index (χ3n) is 18.6. The van der Waals surface area contributed by atoms with Crippen LogP contribution < -0.4 is 18.3 Å². The molecule has 0 fully saturated rings. The van der Waals surface area contributed by atoms with Crippen LogP contribution in [0, 0.1) is 39.4 Å². The Morgan fingerprint density at radius 3 is 1.41 bits per heavy atom. The predicted octanol–water partition coefficient (Wildman–Crippen LogP) is 17.5. The quantitative estimate of drug-likeness (QED) is 0.154. The summed E-state index contributed by atoms with van der Waals surface area (Å²) in [4.78, 5) is 0. The highest BCUT2D eigenvalue weighted by molar-refractivity contribution is 6.11. The van der Waals surface area contributed by atoms with Crippen LogP contribution in [0.25, 0.3) is 94.3 Å². The molecule has 10 heterocycles. The van der Waals surface area contributed by atoms with Crippen molar-refractivity contribution in [2.45, 2.75) is 114 Å². The van der Waals surface area contributed by atoms with Gasteiger partial charge >= 0.3 is 0 Å². The molecule has 0 unspecified atom stereocenters. The van der Waals surface area contributed by atoms with Crippen molar-refractivity contribution in [1.82, 2.24) is 9.13 Å². The van der Waals surface area contributed by atoms with Gasteiger partial charge in [0.25, 0.3) is 0 Å². The zero-order chi connectivity index (χ0) is 59.9. The first-order valence-corrected chi connectivity index (χ1v) is 31.3. The summed E-state index contributed by atoms with van der Waals surface area (Å²) >= 11 is 0. The highest BCUT2D eigenvalue weighted by Crippen LogP contribution is 2.43. The van der Waals surface area contributed by atoms with E-state index in [4.69, 9.17) is 0 Å². The lowest BCUT2D eigenvalue weighted by atomic mass is 9.92. The van der Waals surface area contributed by atoms with Crippen LogP contribution in [0.2, 0.25) is 0 Å². The summed E-state index contributed by atoms with van der Waals surface area (Å²) in [6, 6.07) is 66.3. The first-order valence-electron chi connectivity index (χ1n) is 31.3. The van der Waals surface area contributed by atoms with Gasteiger partial charge in [-0.25, -0.2) is 4.39 Å². The van der Waals surface area contributed by atoms with Crippen molar-refractivity contribution < 1.29 is 22.7 Å². The standard InChI is InChI=1S/C30H29N2.C22H21N2.C14H13FN.C14H14N/c1-19(2)22-11-9-12-23(20(3)4)30(22)32-28-14-6-5-10-24(28)26-17-25-21(16-29(26)32)18-31-15-8-7-13-27(25)31;1-15(2)13-24-21-9-4-3-7-17(21)19-12-18-16(11-22(19)24)14-23-10-6-5-8-20(18)23;1-9-7-11-12(10(2)14(9)15)8-16-6-4-3-5-13(11)16;1-10-7-11(2)13-9-15-6-4-3-5-14(15)12(13)8-10/h5-17,19-20H,18H2,1-4H3;3-12,15H,13-14H2,1-2H3;3-7H,8H2,1-2H3;3-8H,9H2,1-2H3/q4*+1. The van der Waals surface area contributed by atoms with Gasteiger partial charge in [0.05, 0.1) is 39.0 Å². The molecule has 0 bridgehead atoms. The van der Waals surface area contributed by atoms with Crippen molar-refractivity contribution >= 4 is 43.6 Å². The number of hydrogen-bond donors (Lipinski definition) is 0. The van der Waals surface area contributed by atoms with E-state index >= 15 is 0 Å². The number of benzene rings is 7. The molecule has 7 aromatic carbocycles. The summed E-state index contributed by atoms with van der Waals surface area (Å²) in [6.07, 6.45) is 8.57. The van der Waals surface area contributed by atoms with E-state index in [-0.39, 0.29) is 5.82 Å². The molecule has 0 atom stereocenters. The molecule has 0 amide bonds. The van der Waals surface area contributed by atoms with Gasteiger partial charge in [0.1, 0.15) is 5.82 Å². The Balaban J connectivity index is 0.000000107. The Kier molecular flexibility index (Phi) is 14.2. The van der Waals surface area contributed by atoms with Crippen LogP contribution >= 0.6 is 0 Å². The van der Waals surface area contributed by atoms with Crippen LogP contribution in [-0.2, 0) is 32.7 Å². The molecular formula is C80H77FN6+4. The van der Waals surface area contributed by atoms with E-state index in [2.05, 4.69) is 265 Å². The Morgan fingerprint density at radius 1 is 0.402 bits per heavy atom. The molecule has 6 aromatic heterocycles. The molecule has 7 heteroatoms. The minimum Gasteiger partial charge on any atom is -0.340 e. The molecule has 430 valence electrons. The molecule has 6 nitrogen and oxygen atoms in total. The molecule has 0 N–H and O–H groups in total. The number of fused-ring (bicyclic) bond motifs is 18. The summed E-state index contributed by atoms with van der Waals surface area (Å²) in [5, 5.41) is 5.41. The minimum absolute atomic E-state index is 0.0628. The maximum Gasteiger partial charge on any atom is 0.213 e. The fourth-order valence-electron chi connectivity index (χ4n) is 14.5. The normalized spacial score (nSPS) is 12.7. The summed E-state index contributed by atoms with van der Waals surface area (Å²) in [6.45, 7) is 26.7. The number of para-hydroxylation sites is 3. The summed E-state index contributed by atoms with van der Waals surface area (Å²) in [5.41, 5.74) is 29.7. The Hall–Kier alpha value is -9.33. The van der Waals surface area contributed by atoms with Crippen LogP contribution in [0.15, 0.2) is 207 Å². The molecule has 0 saturated heterocycles. The lowest BCUT2D eigenvalue weighted by Gasteiger charge is -2.22. The van der Waals surface area contributed by atoms with Crippen molar-refractivity contribution in [1.29, 1.82) is 0 Å². The van der Waals surface area contributed by atoms with Crippen molar-refractivity contribution in [3.05, 3.63) is 268 Å². The maximum atomic E-state index is 13.8. The predicted molar refractivity (Wildman–Crippen MR) is 354 cm³/mol. The minimum atomic E-state index is -0.0628. The van der Waals surface area contributed by atoms with Gasteiger partial charge < -0.3 is 9.13 Å². The molecular weight excluding hydrogens is 1060 g/mol. The van der Waals surface area contributed by atoms with E-state index in [0.717, 1.165) is 49.4 Å². The SMILES string of the molecule is CC(C)Cn1c2ccccc2c2cc3c(cc21)C[n+]1ccccc1-3.CC(C)c1cccc(C(C)C)c1-n1c2ccccc2c2cc3c(cc21)C[n+]1ccccc1-3.Cc1cc(C)c2c(c1)-c1cccc[n+]1C2.Cc1cc2c(c(C)c1F)C[n+]1ccccc1-2. The maximum absolute atomic E-state index is 13.8. The third kappa shape index (κ3) is 9.63. The monoisotopic (exact) mass is 1140 g/mol. The number of nitrogens with zero attached hydrogens (tertiary/aromatic N) is 6. The molecule has 0 saturated carbocycles. The summed E-state index contributed by atoms with van der Waals surface area (Å²) in [7, 11) is 0. The van der Waals surface area contributed by atoms with E-state index in [1.807, 2.05) is 38.2 Å². The molecule has 0 radical (unpaired) electrons. The smallest absolute Gasteiger partial charge is 0.213 e. The van der Waals surface area contributed by atoms with Gasteiger partial charge in [-0.05, 0) is 152 Å². The molecule has 0 spiro atoms. The number of rotatable bonds is 5. The van der Waals surface area contributed by atoms with Crippen LogP contribution in [0.1, 0.15) is 109 Å². The number of aryl methyl sites for hydroxylation is 3. The van der Waals surface area contributed by atoms with E-state index < -0.39 is 0 Å². The van der Waals surface area contributed by atoms with Crippen LogP contribution in [-0.4, -0.2) is 9.13 Å². The molecule has 17 rings (SSSR count). The summed E-state index contributed by atoms with van der Waals surface area (Å²) in [5.74, 6) is 1.47. The van der Waals surface area contributed by atoms with Gasteiger partial charge in [0, 0.05) is 110 Å². The number of halogens is 1. The Labute approximate surface area is 511 Å². The van der Waals surface area contributed by atoms with Crippen LogP contribution in [0.3, 0.4) is 0 Å². The average Bonchev–Trinajstić information content (AvgIpc) is 1.69. The van der Waals surface area contributed by atoms with E-state index in [1.165, 1.54) is 133 Å². The second-order valence-electron chi connectivity index (χ2n) is 25.6. The van der Waals surface area contributed by atoms with Crippen molar-refractivity contribution in [3.63, 3.8) is 0 Å². The van der Waals surface area contributed by atoms with E-state index in [1.54, 1.807) is 0 Å². The topological polar surface area (TPSA) is 25.4 Å². The fraction of sp³-hybridized carbons (Fsp3) is 0.225. The summed E-state index contributed by atoms with van der Waals surface area (Å²) < 4.78 is 28.0. The number of aromatic nitrogens is 6. The Bertz CT molecular complexity index is 4870. The second kappa shape index (κ2) is 22.2. The molecule has 87 heavy (non-hydrogen) atoms. The second-order valence-corrected chi connectivity index (χ2v) is 25.6. The first kappa shape index (κ1) is 55.5. The van der Waals surface area contributed by atoms with Gasteiger partial charge in [0.2, 0.25) is 22.8 Å². The van der Waals surface area contributed by atoms with Gasteiger partial charge in [-0.3, -0.25) is 0 Å². The largest absolute Gasteiger partial charge is 0.340 e. The van der Waals surface area contributed by atoms with Gasteiger partial charge in [-0.2, -0.15) is 18.3 Å². The highest BCUT2D eigenvalue weighted by atomic mass is 19.1. The van der Waals surface area contributed by atoms with Crippen LogP contribution in [0.4, 0.5) is 4.39 Å². The average molecular weight is 1140 g/mol. The molecule has 4 aliphatic rings. The third-order valence-corrected chi connectivity index (χ3v) is 18.6. The van der Waals surface area contributed by atoms with Crippen LogP contribution in [0.5, 0.6) is 0 Å². The molecule has 0 aliphatic carbocycles. The first-order chi connectivity index (χ1) is 42.2. The lowest BCUT2D eigenvalue weighted by Crippen LogP contribution is -2.31. The lowest BCUT2D eigenvalue weighted by molar-refractivity contribution is -0.672. The Morgan fingerprint density at radius 2 is 0.862 bits per heavy atom. The zero-order valence-electron chi connectivity index (χ0n) is 52.0. The zero-order valence-corrected chi connectivity index (χ0v) is 52.0. The number of hydrogen-bond acceptors (Lipinski definition) is 0. The molecule has 13 aromatic rings. The van der Waals surface area contributed by atoms with Gasteiger partial charge in [0.15, 0.2) is 51.0 Å². The number of pyridine rings is 4. The molecule has 4 aliphatic heterocycles. The van der Waals surface area contributed by atoms with Gasteiger partial charge in [-0.1, -0.05) is 102 Å². The fourth-order valence-corrected chi connectivity index (χ4v) is 14.5.